The highest BCUT2D eigenvalue weighted by molar-refractivity contribution is 5.03. The average molecular weight is 391 g/mol. The summed E-state index contributed by atoms with van der Waals surface area (Å²) in [4.78, 5) is 1.49. The van der Waals surface area contributed by atoms with Crippen LogP contribution in [0.1, 0.15) is 51.4 Å². The SMILES string of the molecule is COC1CCCCC1C1CC2C3CC4OCOC4CC3CC[NH+]2C(N)C1C#N. The first-order valence-electron chi connectivity index (χ1n) is 11.5. The summed E-state index contributed by atoms with van der Waals surface area (Å²) in [6, 6.07) is 3.20. The van der Waals surface area contributed by atoms with Crippen LogP contribution in [0.2, 0.25) is 0 Å². The predicted molar refractivity (Wildman–Crippen MR) is 103 cm³/mol. The first-order valence-corrected chi connectivity index (χ1v) is 11.5. The molecule has 3 heterocycles. The summed E-state index contributed by atoms with van der Waals surface area (Å²) in [5, 5.41) is 10.0. The third kappa shape index (κ3) is 3.11. The van der Waals surface area contributed by atoms with Crippen molar-refractivity contribution in [1.29, 1.82) is 5.26 Å². The van der Waals surface area contributed by atoms with E-state index >= 15 is 0 Å². The predicted octanol–water partition coefficient (Wildman–Crippen LogP) is 1.06. The van der Waals surface area contributed by atoms with Crippen LogP contribution >= 0.6 is 0 Å². The van der Waals surface area contributed by atoms with E-state index in [4.69, 9.17) is 19.9 Å². The summed E-state index contributed by atoms with van der Waals surface area (Å²) in [5.41, 5.74) is 6.80. The van der Waals surface area contributed by atoms with E-state index < -0.39 is 0 Å². The summed E-state index contributed by atoms with van der Waals surface area (Å²) < 4.78 is 17.6. The molecule has 5 aliphatic rings. The van der Waals surface area contributed by atoms with Crippen molar-refractivity contribution in [2.75, 3.05) is 20.4 Å². The molecule has 0 aromatic rings. The van der Waals surface area contributed by atoms with E-state index in [0.717, 1.165) is 38.1 Å². The van der Waals surface area contributed by atoms with Crippen molar-refractivity contribution in [1.82, 2.24) is 0 Å². The molecule has 0 spiro atoms. The number of nitrogens with two attached hydrogens (primary N) is 1. The number of nitrogens with one attached hydrogen (secondary N) is 1. The van der Waals surface area contributed by atoms with Crippen LogP contribution in [0.4, 0.5) is 0 Å². The smallest absolute Gasteiger partial charge is 0.155 e. The van der Waals surface area contributed by atoms with E-state index in [1.807, 2.05) is 7.11 Å². The fraction of sp³-hybridized carbons (Fsp3) is 0.955. The quantitative estimate of drug-likeness (QED) is 0.737. The molecule has 0 amide bonds. The Kier molecular flexibility index (Phi) is 5.40. The molecule has 0 aromatic heterocycles. The molecule has 2 aliphatic carbocycles. The van der Waals surface area contributed by atoms with E-state index in [0.29, 0.717) is 42.8 Å². The lowest BCUT2D eigenvalue weighted by Crippen LogP contribution is -3.24. The number of nitriles is 1. The van der Waals surface area contributed by atoms with Gasteiger partial charge in [-0.15, -0.1) is 0 Å². The van der Waals surface area contributed by atoms with Gasteiger partial charge in [-0.1, -0.05) is 12.8 Å². The van der Waals surface area contributed by atoms with Crippen molar-refractivity contribution in [3.8, 4) is 6.07 Å². The topological polar surface area (TPSA) is 81.9 Å². The van der Waals surface area contributed by atoms with Gasteiger partial charge in [0.2, 0.25) is 0 Å². The number of hydrogen-bond acceptors (Lipinski definition) is 5. The Morgan fingerprint density at radius 3 is 2.57 bits per heavy atom. The Balaban J connectivity index is 1.40. The Morgan fingerprint density at radius 1 is 1.00 bits per heavy atom. The number of nitrogens with zero attached hydrogens (tertiary/aromatic N) is 1. The lowest BCUT2D eigenvalue weighted by molar-refractivity contribution is -0.970. The summed E-state index contributed by atoms with van der Waals surface area (Å²) in [5.74, 6) is 2.19. The molecule has 6 heteroatoms. The van der Waals surface area contributed by atoms with Gasteiger partial charge in [-0.2, -0.15) is 5.26 Å². The van der Waals surface area contributed by atoms with Crippen LogP contribution in [-0.4, -0.2) is 51.0 Å². The second-order valence-corrected chi connectivity index (χ2v) is 9.95. The van der Waals surface area contributed by atoms with Crippen molar-refractivity contribution in [3.63, 3.8) is 0 Å². The molecule has 3 saturated heterocycles. The van der Waals surface area contributed by atoms with Crippen LogP contribution < -0.4 is 10.6 Å². The van der Waals surface area contributed by atoms with Crippen LogP contribution in [-0.2, 0) is 14.2 Å². The Hall–Kier alpha value is -0.710. The van der Waals surface area contributed by atoms with Gasteiger partial charge in [0.1, 0.15) is 12.7 Å². The molecule has 11 unspecified atom stereocenters. The summed E-state index contributed by atoms with van der Waals surface area (Å²) in [6.07, 6.45) is 10.2. The van der Waals surface area contributed by atoms with Gasteiger partial charge in [-0.05, 0) is 49.9 Å². The largest absolute Gasteiger partial charge is 0.381 e. The van der Waals surface area contributed by atoms with E-state index in [2.05, 4.69) is 6.07 Å². The van der Waals surface area contributed by atoms with Gasteiger partial charge < -0.3 is 19.1 Å². The van der Waals surface area contributed by atoms with Gasteiger partial charge in [0.25, 0.3) is 0 Å². The van der Waals surface area contributed by atoms with Gasteiger partial charge in [-0.3, -0.25) is 5.73 Å². The fourth-order valence-electron chi connectivity index (χ4n) is 7.64. The van der Waals surface area contributed by atoms with Crippen molar-refractivity contribution < 1.29 is 19.1 Å². The fourth-order valence-corrected chi connectivity index (χ4v) is 7.64. The minimum atomic E-state index is -0.0624. The van der Waals surface area contributed by atoms with Crippen molar-refractivity contribution >= 4 is 0 Å². The van der Waals surface area contributed by atoms with Gasteiger partial charge >= 0.3 is 0 Å². The van der Waals surface area contributed by atoms with Crippen molar-refractivity contribution in [3.05, 3.63) is 0 Å². The van der Waals surface area contributed by atoms with Gasteiger partial charge in [0.15, 0.2) is 6.17 Å². The highest BCUT2D eigenvalue weighted by atomic mass is 16.7. The third-order valence-electron chi connectivity index (χ3n) is 8.98. The number of methoxy groups -OCH3 is 1. The minimum absolute atomic E-state index is 0.0500. The molecular weight excluding hydrogens is 354 g/mol. The standard InChI is InChI=1S/C22H35N3O3/c1-26-19-5-3-2-4-14(19)16-9-18-15-10-21-20(27-12-28-21)8-13(15)6-7-25(18)22(24)17(16)11-23/h13-22H,2-10,12,24H2,1H3/p+1. The normalized spacial score (nSPS) is 53.5. The van der Waals surface area contributed by atoms with Crippen LogP contribution in [0.25, 0.3) is 0 Å². The first-order chi connectivity index (χ1) is 13.7. The van der Waals surface area contributed by atoms with Gasteiger partial charge in [0, 0.05) is 19.4 Å². The lowest BCUT2D eigenvalue weighted by atomic mass is 9.61. The maximum Gasteiger partial charge on any atom is 0.155 e. The zero-order chi connectivity index (χ0) is 19.3. The Bertz CT molecular complexity index is 610. The number of fused-ring (bicyclic) bond motifs is 4. The molecule has 0 aromatic carbocycles. The molecule has 11 atom stereocenters. The van der Waals surface area contributed by atoms with E-state index in [9.17, 15) is 5.26 Å². The molecule has 156 valence electrons. The monoisotopic (exact) mass is 390 g/mol. The summed E-state index contributed by atoms with van der Waals surface area (Å²) in [7, 11) is 1.85. The third-order valence-corrected chi connectivity index (χ3v) is 8.98. The summed E-state index contributed by atoms with van der Waals surface area (Å²) in [6.45, 7) is 1.57. The van der Waals surface area contributed by atoms with E-state index in [1.165, 1.54) is 30.6 Å². The first kappa shape index (κ1) is 19.3. The lowest BCUT2D eigenvalue weighted by Gasteiger charge is -2.55. The van der Waals surface area contributed by atoms with Gasteiger partial charge in [0.05, 0.1) is 37.0 Å². The number of rotatable bonds is 2. The van der Waals surface area contributed by atoms with Crippen LogP contribution in [0.5, 0.6) is 0 Å². The summed E-state index contributed by atoms with van der Waals surface area (Å²) >= 11 is 0. The van der Waals surface area contributed by atoms with E-state index in [1.54, 1.807) is 0 Å². The second kappa shape index (κ2) is 7.85. The van der Waals surface area contributed by atoms with Crippen molar-refractivity contribution in [2.24, 2.45) is 35.3 Å². The average Bonchev–Trinajstić information content (AvgIpc) is 3.19. The molecule has 6 nitrogen and oxygen atoms in total. The second-order valence-electron chi connectivity index (χ2n) is 9.95. The number of hydrogen-bond donors (Lipinski definition) is 2. The molecular formula is C22H36N3O3+. The molecule has 3 aliphatic heterocycles. The molecule has 5 rings (SSSR count). The number of ether oxygens (including phenoxy) is 3. The Morgan fingerprint density at radius 2 is 1.79 bits per heavy atom. The molecule has 0 radical (unpaired) electrons. The zero-order valence-electron chi connectivity index (χ0n) is 17.1. The zero-order valence-corrected chi connectivity index (χ0v) is 17.1. The molecule has 3 N–H and O–H groups in total. The molecule has 2 saturated carbocycles. The number of quaternary nitrogens is 1. The maximum atomic E-state index is 10.0. The minimum Gasteiger partial charge on any atom is -0.381 e. The van der Waals surface area contributed by atoms with Crippen LogP contribution in [0.15, 0.2) is 0 Å². The van der Waals surface area contributed by atoms with Crippen LogP contribution in [0.3, 0.4) is 0 Å². The van der Waals surface area contributed by atoms with Crippen molar-refractivity contribution in [2.45, 2.75) is 81.9 Å². The molecule has 5 fully saturated rings. The van der Waals surface area contributed by atoms with E-state index in [-0.39, 0.29) is 18.2 Å². The molecule has 0 bridgehead atoms. The maximum absolute atomic E-state index is 10.0. The molecule has 28 heavy (non-hydrogen) atoms. The highest BCUT2D eigenvalue weighted by Crippen LogP contribution is 2.46. The van der Waals surface area contributed by atoms with Crippen LogP contribution in [0, 0.1) is 40.9 Å². The highest BCUT2D eigenvalue weighted by Gasteiger charge is 2.56. The van der Waals surface area contributed by atoms with Gasteiger partial charge in [-0.25, -0.2) is 0 Å². The number of piperidine rings is 2. The Labute approximate surface area is 168 Å².